The Balaban J connectivity index is 0.899. The molecule has 124 heavy (non-hydrogen) atoms. The molecule has 6 saturated heterocycles. The van der Waals surface area contributed by atoms with E-state index in [1.54, 1.807) is 27.7 Å². The molecule has 6 rings (SSSR count). The summed E-state index contributed by atoms with van der Waals surface area (Å²) in [6, 6.07) is 0. The lowest BCUT2D eigenvalue weighted by Gasteiger charge is -2.41. The zero-order valence-corrected chi connectivity index (χ0v) is 75.7. The highest BCUT2D eigenvalue weighted by Crippen LogP contribution is 2.52. The van der Waals surface area contributed by atoms with Crippen molar-refractivity contribution in [1.82, 2.24) is 0 Å². The maximum absolute atomic E-state index is 13.4. The molecule has 14 N–H and O–H groups in total. The zero-order valence-electron chi connectivity index (χ0n) is 71.2. The Labute approximate surface area is 722 Å². The van der Waals surface area contributed by atoms with Crippen molar-refractivity contribution in [2.75, 3.05) is 126 Å². The normalized spacial score (nSPS) is 33.0. The summed E-state index contributed by atoms with van der Waals surface area (Å²) in [6.07, 6.45) is -12.4. The zero-order chi connectivity index (χ0) is 91.1. The lowest BCUT2D eigenvalue weighted by atomic mass is 9.86. The number of unbranched alkanes of at least 4 members (excludes halogenated alkanes) is 12. The molecule has 14 unspecified atom stereocenters. The number of carbonyl (C=O) groups is 3. The second kappa shape index (κ2) is 58.1. The van der Waals surface area contributed by atoms with Crippen LogP contribution in [-0.4, -0.2) is 337 Å². The Morgan fingerprint density at radius 3 is 0.960 bits per heavy atom. The molecule has 45 nitrogen and oxygen atoms in total. The van der Waals surface area contributed by atoms with E-state index in [1.165, 1.54) is 7.11 Å². The highest BCUT2D eigenvalue weighted by molar-refractivity contribution is 7.48. The number of rotatable bonds is 69. The van der Waals surface area contributed by atoms with Crippen molar-refractivity contribution in [1.29, 1.82) is 0 Å². The molecule has 728 valence electrons. The molecule has 0 spiro atoms. The molecule has 0 aromatic rings. The molecular formula is C74H137O45P5. The average Bonchev–Trinajstić information content (AvgIpc) is 1.39. The minimum absolute atomic E-state index is 0.0468. The second-order valence-corrected chi connectivity index (χ2v) is 38.8. The number of hydrogen-bond acceptors (Lipinski definition) is 40. The fourth-order valence-corrected chi connectivity index (χ4v) is 18.3. The molecule has 0 bridgehead atoms. The van der Waals surface area contributed by atoms with Gasteiger partial charge in [-0.2, -0.15) is 0 Å². The number of ketones is 3. The average molecular weight is 1900 g/mol. The van der Waals surface area contributed by atoms with Gasteiger partial charge in [0.25, 0.3) is 0 Å². The van der Waals surface area contributed by atoms with Crippen LogP contribution >= 0.6 is 39.1 Å². The first-order valence-corrected chi connectivity index (χ1v) is 50.1. The summed E-state index contributed by atoms with van der Waals surface area (Å²) in [5.74, 6) is -2.52. The number of carbonyl (C=O) groups excluding carboxylic acids is 3. The van der Waals surface area contributed by atoms with Gasteiger partial charge >= 0.3 is 39.1 Å². The highest BCUT2D eigenvalue weighted by atomic mass is 31.2. The van der Waals surface area contributed by atoms with Gasteiger partial charge in [0, 0.05) is 95.7 Å². The van der Waals surface area contributed by atoms with E-state index in [4.69, 9.17) is 107 Å². The van der Waals surface area contributed by atoms with Gasteiger partial charge in [-0.25, -0.2) is 22.8 Å². The molecule has 6 aliphatic heterocycles. The predicted octanol–water partition coefficient (Wildman–Crippen LogP) is 4.24. The van der Waals surface area contributed by atoms with Gasteiger partial charge in [0.15, 0.2) is 55.1 Å². The van der Waals surface area contributed by atoms with Crippen LogP contribution < -0.4 is 0 Å². The lowest BCUT2D eigenvalue weighted by molar-refractivity contribution is -0.280. The maximum Gasteiger partial charge on any atom is 0.472 e. The van der Waals surface area contributed by atoms with E-state index in [2.05, 4.69) is 0 Å². The second-order valence-electron chi connectivity index (χ2n) is 31.6. The van der Waals surface area contributed by atoms with Crippen molar-refractivity contribution in [2.24, 2.45) is 23.7 Å². The number of ether oxygens (including phenoxy) is 13. The molecule has 50 heteroatoms. The molecule has 6 aliphatic rings. The number of aliphatic hydroxyl groups excluding tert-OH is 9. The Kier molecular flexibility index (Phi) is 52.2. The van der Waals surface area contributed by atoms with Crippen molar-refractivity contribution >= 4 is 56.5 Å². The van der Waals surface area contributed by atoms with Gasteiger partial charge < -0.3 is 132 Å². The molecule has 6 fully saturated rings. The smallest absolute Gasteiger partial charge is 0.394 e. The summed E-state index contributed by atoms with van der Waals surface area (Å²) < 4.78 is 191. The van der Waals surface area contributed by atoms with Gasteiger partial charge in [-0.05, 0) is 57.8 Å². The quantitative estimate of drug-likeness (QED) is 0.0299. The van der Waals surface area contributed by atoms with Gasteiger partial charge in [0.2, 0.25) is 0 Å². The Morgan fingerprint density at radius 1 is 0.306 bits per heavy atom. The standard InChI is InChI=1S/C74H137O45P5/c1-48-58(39-75)115-72(49(2)67(48)82)101-42-52(78)24-15-9-6-12-18-28-98-64-36-55(81)61(112-64)45-109-120(87,88)105-32-22-34-107-123(93,94)119-57-38-66(100-30-20-14-8-11-17-26-54(80)44-103-74-51(4)69(84)71(86)60(41-77)117-74)114-63(57)47-111-122(91,92)106-33-23-35-108-124(95,96)118-56-37-65(113-62(56)46-110-121(89,90)104-31-21-27-97-5)99-29-19-13-7-10-16-25-53(79)43-102-73-50(3)68(83)70(85)59(40-76)116-73/h48-51,55-77,81-86H,6-47H2,1-5H3,(H,87,88)(H,89,90)(H,91,92)(H,93,94)(H,95,96)/t48-,49?,50?,51?,55+,56+,57+,58?,59?,60?,61?,62?,63?,64-,65-,66-,67-,68+,69+,70-,71-,72+,73+,74+/m0/s1. The Bertz CT molecular complexity index is 3240. The van der Waals surface area contributed by atoms with Crippen molar-refractivity contribution in [2.45, 2.75) is 305 Å². The number of phosphoric ester groups is 5. The van der Waals surface area contributed by atoms with Crippen LogP contribution in [0.2, 0.25) is 0 Å². The van der Waals surface area contributed by atoms with Crippen LogP contribution in [0.25, 0.3) is 0 Å². The SMILES string of the molecule is COCCCOP(=O)(O)OCC1O[C@H](OCCCCCCCC(=O)CO[C@@H]2OC(CO)[C@H](O)[C@H](O)C2C)C[C@H]1OP(=O)(O)OCCCOP(=O)(O)OCC1O[C@H](OCCCCCCCC(=O)CO[C@@H]2OC(CO)[C@H](O)[C@H](O)C2C)C[C@H]1OP(=O)(O)OCCCOP(=O)(O)OCC1O[C@H](OCCCCCCCC(=O)CO[C@@H]2OC(CO)[C@H](C)[C@H](O)C2C)C[C@H]1O. The number of aliphatic hydroxyl groups is 9. The third kappa shape index (κ3) is 41.7. The van der Waals surface area contributed by atoms with E-state index in [0.717, 1.165) is 19.3 Å². The van der Waals surface area contributed by atoms with Gasteiger partial charge in [0.05, 0.1) is 103 Å². The summed E-state index contributed by atoms with van der Waals surface area (Å²) in [6.45, 7) is 0.619. The Morgan fingerprint density at radius 2 is 0.605 bits per heavy atom. The van der Waals surface area contributed by atoms with Crippen molar-refractivity contribution < 1.29 is 214 Å². The summed E-state index contributed by atoms with van der Waals surface area (Å²) in [5.41, 5.74) is 0. The van der Waals surface area contributed by atoms with E-state index in [-0.39, 0.29) is 140 Å². The molecular weight excluding hydrogens is 1760 g/mol. The van der Waals surface area contributed by atoms with Crippen LogP contribution in [0.4, 0.5) is 0 Å². The number of hydrogen-bond donors (Lipinski definition) is 14. The molecule has 29 atom stereocenters. The summed E-state index contributed by atoms with van der Waals surface area (Å²) in [7, 11) is -23.2. The topological polar surface area (TPSA) is 632 Å². The number of phosphoric acid groups is 5. The number of methoxy groups -OCH3 is 1. The van der Waals surface area contributed by atoms with Gasteiger partial charge in [-0.3, -0.25) is 59.6 Å². The van der Waals surface area contributed by atoms with Crippen molar-refractivity contribution in [3.05, 3.63) is 0 Å². The van der Waals surface area contributed by atoms with Crippen LogP contribution in [0.1, 0.15) is 182 Å². The van der Waals surface area contributed by atoms with Crippen LogP contribution in [-0.2, 0) is 144 Å². The van der Waals surface area contributed by atoms with Gasteiger partial charge in [0.1, 0.15) is 74.8 Å². The number of Topliss-reactive ketones (excluding diaryl/α,β-unsaturated/α-hetero) is 3. The lowest BCUT2D eigenvalue weighted by Crippen LogP contribution is -2.55. The van der Waals surface area contributed by atoms with Crippen molar-refractivity contribution in [3.63, 3.8) is 0 Å². The molecule has 0 saturated carbocycles. The first kappa shape index (κ1) is 111. The van der Waals surface area contributed by atoms with Crippen LogP contribution in [0.15, 0.2) is 0 Å². The largest absolute Gasteiger partial charge is 0.472 e. The molecule has 0 amide bonds. The van der Waals surface area contributed by atoms with E-state index in [0.29, 0.717) is 83.5 Å². The van der Waals surface area contributed by atoms with E-state index < -0.39 is 234 Å². The predicted molar refractivity (Wildman–Crippen MR) is 426 cm³/mol. The fraction of sp³-hybridized carbons (Fsp3) is 0.959. The van der Waals surface area contributed by atoms with Crippen LogP contribution in [0.3, 0.4) is 0 Å². The van der Waals surface area contributed by atoms with E-state index in [1.807, 2.05) is 0 Å². The van der Waals surface area contributed by atoms with Gasteiger partial charge in [-0.15, -0.1) is 0 Å². The molecule has 0 radical (unpaired) electrons. The third-order valence-electron chi connectivity index (χ3n) is 21.5. The van der Waals surface area contributed by atoms with Gasteiger partial charge in [-0.1, -0.05) is 85.5 Å². The summed E-state index contributed by atoms with van der Waals surface area (Å²) in [5, 5.41) is 90.3. The highest BCUT2D eigenvalue weighted by Gasteiger charge is 2.48. The maximum atomic E-state index is 13.4. The van der Waals surface area contributed by atoms with E-state index in [9.17, 15) is 108 Å². The van der Waals surface area contributed by atoms with Crippen LogP contribution in [0, 0.1) is 23.7 Å². The fourth-order valence-electron chi connectivity index (χ4n) is 14.0. The summed E-state index contributed by atoms with van der Waals surface area (Å²) in [4.78, 5) is 90.9. The van der Waals surface area contributed by atoms with E-state index >= 15 is 0 Å². The minimum Gasteiger partial charge on any atom is -0.394 e. The molecule has 6 heterocycles. The van der Waals surface area contributed by atoms with Crippen molar-refractivity contribution in [3.8, 4) is 0 Å². The third-order valence-corrected chi connectivity index (χ3v) is 26.5. The first-order valence-electron chi connectivity index (χ1n) is 42.6. The molecule has 0 aromatic carbocycles. The monoisotopic (exact) mass is 1900 g/mol. The first-order chi connectivity index (χ1) is 58.9. The van der Waals surface area contributed by atoms with Crippen LogP contribution in [0.5, 0.6) is 0 Å². The minimum atomic E-state index is -5.06. The summed E-state index contributed by atoms with van der Waals surface area (Å²) >= 11 is 0. The molecule has 0 aromatic heterocycles. The Hall–Kier alpha value is -1.32. The molecule has 0 aliphatic carbocycles.